The van der Waals surface area contributed by atoms with Crippen molar-refractivity contribution in [2.45, 2.75) is 33.4 Å². The zero-order valence-electron chi connectivity index (χ0n) is 10.8. The minimum atomic E-state index is 0.225. The maximum atomic E-state index is 5.19. The summed E-state index contributed by atoms with van der Waals surface area (Å²) in [5, 5.41) is 7.48. The molecule has 2 rings (SSSR count). The Hall–Kier alpha value is -1.13. The smallest absolute Gasteiger partial charge is 0.138 e. The maximum absolute atomic E-state index is 5.19. The molecular weight excluding hydrogens is 292 g/mol. The van der Waals surface area contributed by atoms with Crippen LogP contribution in [0.1, 0.15) is 35.5 Å². The van der Waals surface area contributed by atoms with Crippen molar-refractivity contribution in [1.29, 1.82) is 0 Å². The first-order chi connectivity index (χ1) is 8.59. The number of benzene rings is 1. The first kappa shape index (κ1) is 13.3. The molecule has 1 N–H and O–H groups in total. The number of nitrogens with zero attached hydrogens (tertiary/aromatic N) is 1. The van der Waals surface area contributed by atoms with Crippen LogP contribution in [0.3, 0.4) is 0 Å². The molecule has 96 valence electrons. The van der Waals surface area contributed by atoms with Gasteiger partial charge in [0.05, 0.1) is 5.69 Å². The van der Waals surface area contributed by atoms with Crippen LogP contribution in [0.25, 0.3) is 0 Å². The third-order valence-corrected chi connectivity index (χ3v) is 3.85. The molecular formula is C14H17BrN2O. The Bertz CT molecular complexity index is 517. The van der Waals surface area contributed by atoms with E-state index >= 15 is 0 Å². The van der Waals surface area contributed by atoms with Gasteiger partial charge in [-0.15, -0.1) is 0 Å². The Labute approximate surface area is 116 Å². The first-order valence-corrected chi connectivity index (χ1v) is 6.78. The molecule has 0 aliphatic rings. The Morgan fingerprint density at radius 2 is 2.06 bits per heavy atom. The van der Waals surface area contributed by atoms with Crippen LogP contribution in [0.5, 0.6) is 0 Å². The molecule has 1 aromatic heterocycles. The molecule has 2 aromatic rings. The lowest BCUT2D eigenvalue weighted by molar-refractivity contribution is 0.390. The largest absolute Gasteiger partial charge is 0.361 e. The van der Waals surface area contributed by atoms with Crippen molar-refractivity contribution < 1.29 is 4.52 Å². The molecule has 1 heterocycles. The molecule has 3 nitrogen and oxygen atoms in total. The standard InChI is InChI=1S/C14H17BrN2O/c1-9(14-10(2)17-18-11(14)3)16-8-12-6-4-5-7-13(12)15/h4-7,9,16H,8H2,1-3H3. The van der Waals surface area contributed by atoms with E-state index in [0.717, 1.165) is 28.0 Å². The molecule has 0 saturated carbocycles. The zero-order chi connectivity index (χ0) is 13.1. The summed E-state index contributed by atoms with van der Waals surface area (Å²) in [6, 6.07) is 8.45. The molecule has 0 spiro atoms. The van der Waals surface area contributed by atoms with Gasteiger partial charge in [-0.25, -0.2) is 0 Å². The Kier molecular flexibility index (Phi) is 4.19. The van der Waals surface area contributed by atoms with E-state index in [4.69, 9.17) is 4.52 Å². The van der Waals surface area contributed by atoms with Crippen LogP contribution in [-0.4, -0.2) is 5.16 Å². The average molecular weight is 309 g/mol. The first-order valence-electron chi connectivity index (χ1n) is 5.99. The summed E-state index contributed by atoms with van der Waals surface area (Å²) >= 11 is 3.55. The minimum absolute atomic E-state index is 0.225. The number of halogens is 1. The third kappa shape index (κ3) is 2.82. The normalized spacial score (nSPS) is 12.7. The maximum Gasteiger partial charge on any atom is 0.138 e. The van der Waals surface area contributed by atoms with Gasteiger partial charge in [-0.05, 0) is 32.4 Å². The molecule has 1 unspecified atom stereocenters. The lowest BCUT2D eigenvalue weighted by atomic mass is 10.1. The lowest BCUT2D eigenvalue weighted by Crippen LogP contribution is -2.19. The van der Waals surface area contributed by atoms with Crippen LogP contribution in [-0.2, 0) is 6.54 Å². The summed E-state index contributed by atoms with van der Waals surface area (Å²) in [6.45, 7) is 6.87. The van der Waals surface area contributed by atoms with Crippen LogP contribution in [0.15, 0.2) is 33.3 Å². The van der Waals surface area contributed by atoms with E-state index in [2.05, 4.69) is 45.5 Å². The highest BCUT2D eigenvalue weighted by Gasteiger charge is 2.15. The van der Waals surface area contributed by atoms with E-state index in [1.54, 1.807) is 0 Å². The fourth-order valence-corrected chi connectivity index (χ4v) is 2.54. The highest BCUT2D eigenvalue weighted by atomic mass is 79.9. The fourth-order valence-electron chi connectivity index (χ4n) is 2.12. The number of rotatable bonds is 4. The molecule has 4 heteroatoms. The van der Waals surface area contributed by atoms with Gasteiger partial charge in [-0.2, -0.15) is 0 Å². The van der Waals surface area contributed by atoms with Crippen LogP contribution in [0.4, 0.5) is 0 Å². The number of aromatic nitrogens is 1. The van der Waals surface area contributed by atoms with E-state index in [9.17, 15) is 0 Å². The Morgan fingerprint density at radius 3 is 2.67 bits per heavy atom. The highest BCUT2D eigenvalue weighted by molar-refractivity contribution is 9.10. The third-order valence-electron chi connectivity index (χ3n) is 3.08. The Balaban J connectivity index is 2.05. The van der Waals surface area contributed by atoms with Crippen molar-refractivity contribution in [2.24, 2.45) is 0 Å². The lowest BCUT2D eigenvalue weighted by Gasteiger charge is -2.14. The average Bonchev–Trinajstić information content (AvgIpc) is 2.68. The second-order valence-electron chi connectivity index (χ2n) is 4.43. The van der Waals surface area contributed by atoms with Crippen molar-refractivity contribution in [3.05, 3.63) is 51.3 Å². The molecule has 1 atom stereocenters. The second kappa shape index (κ2) is 5.67. The van der Waals surface area contributed by atoms with E-state index in [-0.39, 0.29) is 6.04 Å². The summed E-state index contributed by atoms with van der Waals surface area (Å²) in [4.78, 5) is 0. The summed E-state index contributed by atoms with van der Waals surface area (Å²) < 4.78 is 6.32. The summed E-state index contributed by atoms with van der Waals surface area (Å²) in [5.74, 6) is 0.889. The minimum Gasteiger partial charge on any atom is -0.361 e. The number of hydrogen-bond acceptors (Lipinski definition) is 3. The topological polar surface area (TPSA) is 38.1 Å². The van der Waals surface area contributed by atoms with Crippen molar-refractivity contribution in [3.63, 3.8) is 0 Å². The van der Waals surface area contributed by atoms with Crippen molar-refractivity contribution >= 4 is 15.9 Å². The van der Waals surface area contributed by atoms with E-state index in [1.807, 2.05) is 26.0 Å². The molecule has 0 aliphatic carbocycles. The zero-order valence-corrected chi connectivity index (χ0v) is 12.4. The summed E-state index contributed by atoms with van der Waals surface area (Å²) in [5.41, 5.74) is 3.36. The van der Waals surface area contributed by atoms with Crippen molar-refractivity contribution in [3.8, 4) is 0 Å². The van der Waals surface area contributed by atoms with Crippen molar-refractivity contribution in [2.75, 3.05) is 0 Å². The van der Waals surface area contributed by atoms with E-state index < -0.39 is 0 Å². The van der Waals surface area contributed by atoms with Gasteiger partial charge < -0.3 is 9.84 Å². The molecule has 0 amide bonds. The van der Waals surface area contributed by atoms with E-state index in [0.29, 0.717) is 0 Å². The SMILES string of the molecule is Cc1noc(C)c1C(C)NCc1ccccc1Br. The second-order valence-corrected chi connectivity index (χ2v) is 5.29. The molecule has 0 saturated heterocycles. The number of aryl methyl sites for hydroxylation is 2. The van der Waals surface area contributed by atoms with Gasteiger partial charge in [-0.1, -0.05) is 39.3 Å². The molecule has 0 aliphatic heterocycles. The molecule has 1 aromatic carbocycles. The van der Waals surface area contributed by atoms with Crippen molar-refractivity contribution in [1.82, 2.24) is 10.5 Å². The monoisotopic (exact) mass is 308 g/mol. The van der Waals surface area contributed by atoms with Gasteiger partial charge in [-0.3, -0.25) is 0 Å². The molecule has 18 heavy (non-hydrogen) atoms. The molecule has 0 fully saturated rings. The van der Waals surface area contributed by atoms with Gasteiger partial charge in [0.25, 0.3) is 0 Å². The quantitative estimate of drug-likeness (QED) is 0.930. The number of hydrogen-bond donors (Lipinski definition) is 1. The summed E-state index contributed by atoms with van der Waals surface area (Å²) in [7, 11) is 0. The van der Waals surface area contributed by atoms with Crippen LogP contribution in [0, 0.1) is 13.8 Å². The van der Waals surface area contributed by atoms with Gasteiger partial charge in [0.2, 0.25) is 0 Å². The Morgan fingerprint density at radius 1 is 1.33 bits per heavy atom. The molecule has 0 radical (unpaired) electrons. The van der Waals surface area contributed by atoms with Crippen LogP contribution < -0.4 is 5.32 Å². The number of nitrogens with one attached hydrogen (secondary N) is 1. The highest BCUT2D eigenvalue weighted by Crippen LogP contribution is 2.22. The molecule has 0 bridgehead atoms. The van der Waals surface area contributed by atoms with Gasteiger partial charge >= 0.3 is 0 Å². The van der Waals surface area contributed by atoms with E-state index in [1.165, 1.54) is 5.56 Å². The van der Waals surface area contributed by atoms with Crippen LogP contribution in [0.2, 0.25) is 0 Å². The summed E-state index contributed by atoms with van der Waals surface area (Å²) in [6.07, 6.45) is 0. The van der Waals surface area contributed by atoms with Gasteiger partial charge in [0.15, 0.2) is 0 Å². The van der Waals surface area contributed by atoms with Gasteiger partial charge in [0.1, 0.15) is 5.76 Å². The van der Waals surface area contributed by atoms with Gasteiger partial charge in [0, 0.05) is 22.6 Å². The fraction of sp³-hybridized carbons (Fsp3) is 0.357. The predicted octanol–water partition coefficient (Wildman–Crippen LogP) is 3.90. The van der Waals surface area contributed by atoms with Crippen LogP contribution >= 0.6 is 15.9 Å². The predicted molar refractivity (Wildman–Crippen MR) is 75.4 cm³/mol.